The molecular weight excluding hydrogens is 250 g/mol. The number of benzene rings is 1. The topological polar surface area (TPSA) is 38.1 Å². The standard InChI is InChI=1S/C16H23N3O/c1-3-5-11-18(4-2)16(20)10-12-19-13-17-14-8-6-7-9-15(14)19/h6-9,13H,3-5,10-12H2,1-2H3. The summed E-state index contributed by atoms with van der Waals surface area (Å²) in [5.41, 5.74) is 2.08. The molecule has 0 bridgehead atoms. The van der Waals surface area contributed by atoms with Crippen molar-refractivity contribution in [3.05, 3.63) is 30.6 Å². The molecule has 0 N–H and O–H groups in total. The first-order valence-electron chi connectivity index (χ1n) is 7.44. The maximum Gasteiger partial charge on any atom is 0.224 e. The second-order valence-electron chi connectivity index (χ2n) is 5.00. The molecule has 0 saturated carbocycles. The van der Waals surface area contributed by atoms with E-state index in [2.05, 4.69) is 16.5 Å². The zero-order valence-electron chi connectivity index (χ0n) is 12.4. The Bertz CT molecular complexity index is 562. The van der Waals surface area contributed by atoms with Crippen molar-refractivity contribution in [1.29, 1.82) is 0 Å². The van der Waals surface area contributed by atoms with Gasteiger partial charge in [-0.2, -0.15) is 0 Å². The lowest BCUT2D eigenvalue weighted by molar-refractivity contribution is -0.131. The third kappa shape index (κ3) is 3.38. The van der Waals surface area contributed by atoms with Crippen LogP contribution in [0.2, 0.25) is 0 Å². The Morgan fingerprint density at radius 3 is 2.85 bits per heavy atom. The number of rotatable bonds is 7. The monoisotopic (exact) mass is 273 g/mol. The van der Waals surface area contributed by atoms with Crippen molar-refractivity contribution in [3.63, 3.8) is 0 Å². The molecule has 1 aromatic heterocycles. The fourth-order valence-electron chi connectivity index (χ4n) is 2.37. The summed E-state index contributed by atoms with van der Waals surface area (Å²) in [6.45, 7) is 6.55. The SMILES string of the molecule is CCCCN(CC)C(=O)CCn1cnc2ccccc21. The zero-order chi connectivity index (χ0) is 14.4. The molecule has 2 rings (SSSR count). The summed E-state index contributed by atoms with van der Waals surface area (Å²) in [5, 5.41) is 0. The lowest BCUT2D eigenvalue weighted by Crippen LogP contribution is -2.32. The van der Waals surface area contributed by atoms with E-state index in [0.29, 0.717) is 13.0 Å². The molecule has 1 aromatic carbocycles. The van der Waals surface area contributed by atoms with Gasteiger partial charge in [0, 0.05) is 26.1 Å². The molecule has 1 amide bonds. The van der Waals surface area contributed by atoms with Crippen LogP contribution in [0.1, 0.15) is 33.1 Å². The van der Waals surface area contributed by atoms with Crippen molar-refractivity contribution in [3.8, 4) is 0 Å². The van der Waals surface area contributed by atoms with E-state index in [-0.39, 0.29) is 5.91 Å². The molecule has 0 radical (unpaired) electrons. The van der Waals surface area contributed by atoms with Crippen LogP contribution in [-0.2, 0) is 11.3 Å². The van der Waals surface area contributed by atoms with Gasteiger partial charge in [0.2, 0.25) is 5.91 Å². The number of carbonyl (C=O) groups excluding carboxylic acids is 1. The van der Waals surface area contributed by atoms with Gasteiger partial charge in [0.15, 0.2) is 0 Å². The molecule has 0 spiro atoms. The van der Waals surface area contributed by atoms with Gasteiger partial charge in [-0.25, -0.2) is 4.98 Å². The molecule has 0 aliphatic heterocycles. The van der Waals surface area contributed by atoms with E-state index in [1.165, 1.54) is 0 Å². The summed E-state index contributed by atoms with van der Waals surface area (Å²) in [6.07, 6.45) is 4.56. The van der Waals surface area contributed by atoms with Gasteiger partial charge in [0.05, 0.1) is 17.4 Å². The summed E-state index contributed by atoms with van der Waals surface area (Å²) in [4.78, 5) is 18.5. The summed E-state index contributed by atoms with van der Waals surface area (Å²) < 4.78 is 2.06. The van der Waals surface area contributed by atoms with Crippen molar-refractivity contribution in [1.82, 2.24) is 14.5 Å². The Labute approximate surface area is 120 Å². The van der Waals surface area contributed by atoms with Gasteiger partial charge in [0.25, 0.3) is 0 Å². The Hall–Kier alpha value is -1.84. The third-order valence-corrected chi connectivity index (χ3v) is 3.61. The quantitative estimate of drug-likeness (QED) is 0.777. The van der Waals surface area contributed by atoms with E-state index >= 15 is 0 Å². The average Bonchev–Trinajstić information content (AvgIpc) is 2.89. The lowest BCUT2D eigenvalue weighted by Gasteiger charge is -2.20. The number of carbonyl (C=O) groups is 1. The van der Waals surface area contributed by atoms with Crippen molar-refractivity contribution < 1.29 is 4.79 Å². The summed E-state index contributed by atoms with van der Waals surface area (Å²) in [7, 11) is 0. The highest BCUT2D eigenvalue weighted by Gasteiger charge is 2.11. The largest absolute Gasteiger partial charge is 0.343 e. The number of aryl methyl sites for hydroxylation is 1. The van der Waals surface area contributed by atoms with Gasteiger partial charge >= 0.3 is 0 Å². The highest BCUT2D eigenvalue weighted by molar-refractivity contribution is 5.77. The van der Waals surface area contributed by atoms with Crippen molar-refractivity contribution in [2.45, 2.75) is 39.7 Å². The highest BCUT2D eigenvalue weighted by Crippen LogP contribution is 2.12. The second kappa shape index (κ2) is 7.08. The van der Waals surface area contributed by atoms with Gasteiger partial charge < -0.3 is 9.47 Å². The Balaban J connectivity index is 1.95. The molecule has 0 atom stereocenters. The van der Waals surface area contributed by atoms with Crippen LogP contribution < -0.4 is 0 Å². The van der Waals surface area contributed by atoms with Crippen LogP contribution in [0.5, 0.6) is 0 Å². The van der Waals surface area contributed by atoms with Crippen LogP contribution in [0.15, 0.2) is 30.6 Å². The van der Waals surface area contributed by atoms with Crippen LogP contribution in [0.3, 0.4) is 0 Å². The first-order valence-corrected chi connectivity index (χ1v) is 7.44. The number of nitrogens with zero attached hydrogens (tertiary/aromatic N) is 3. The number of aromatic nitrogens is 2. The average molecular weight is 273 g/mol. The Morgan fingerprint density at radius 1 is 1.30 bits per heavy atom. The van der Waals surface area contributed by atoms with Crippen LogP contribution in [0, 0.1) is 0 Å². The lowest BCUT2D eigenvalue weighted by atomic mass is 10.2. The minimum atomic E-state index is 0.235. The molecule has 2 aromatic rings. The first-order chi connectivity index (χ1) is 9.76. The number of hydrogen-bond acceptors (Lipinski definition) is 2. The molecule has 4 nitrogen and oxygen atoms in total. The predicted octanol–water partition coefficient (Wildman–Crippen LogP) is 3.08. The van der Waals surface area contributed by atoms with E-state index in [9.17, 15) is 4.79 Å². The summed E-state index contributed by atoms with van der Waals surface area (Å²) >= 11 is 0. The maximum absolute atomic E-state index is 12.2. The fraction of sp³-hybridized carbons (Fsp3) is 0.500. The highest BCUT2D eigenvalue weighted by atomic mass is 16.2. The van der Waals surface area contributed by atoms with E-state index in [4.69, 9.17) is 0 Å². The van der Waals surface area contributed by atoms with Gasteiger partial charge in [-0.15, -0.1) is 0 Å². The second-order valence-corrected chi connectivity index (χ2v) is 5.00. The summed E-state index contributed by atoms with van der Waals surface area (Å²) in [6, 6.07) is 8.02. The molecule has 20 heavy (non-hydrogen) atoms. The zero-order valence-corrected chi connectivity index (χ0v) is 12.4. The van der Waals surface area contributed by atoms with Crippen molar-refractivity contribution in [2.24, 2.45) is 0 Å². The smallest absolute Gasteiger partial charge is 0.224 e. The number of imidazole rings is 1. The molecule has 0 aliphatic rings. The number of amides is 1. The Kier molecular flexibility index (Phi) is 5.16. The van der Waals surface area contributed by atoms with E-state index in [1.54, 1.807) is 0 Å². The molecule has 0 unspecified atom stereocenters. The molecule has 4 heteroatoms. The first kappa shape index (κ1) is 14.6. The van der Waals surface area contributed by atoms with Crippen molar-refractivity contribution in [2.75, 3.05) is 13.1 Å². The third-order valence-electron chi connectivity index (χ3n) is 3.61. The van der Waals surface area contributed by atoms with Gasteiger partial charge in [-0.1, -0.05) is 25.5 Å². The van der Waals surface area contributed by atoms with Crippen LogP contribution in [-0.4, -0.2) is 33.4 Å². The number of fused-ring (bicyclic) bond motifs is 1. The number of unbranched alkanes of at least 4 members (excludes halogenated alkanes) is 1. The molecule has 0 fully saturated rings. The summed E-state index contributed by atoms with van der Waals surface area (Å²) in [5.74, 6) is 0.235. The molecule has 1 heterocycles. The van der Waals surface area contributed by atoms with E-state index < -0.39 is 0 Å². The van der Waals surface area contributed by atoms with Gasteiger partial charge in [-0.3, -0.25) is 4.79 Å². The van der Waals surface area contributed by atoms with Crippen LogP contribution in [0.25, 0.3) is 11.0 Å². The maximum atomic E-state index is 12.2. The van der Waals surface area contributed by atoms with E-state index in [0.717, 1.165) is 37.0 Å². The molecule has 108 valence electrons. The minimum absolute atomic E-state index is 0.235. The molecule has 0 aliphatic carbocycles. The fourth-order valence-corrected chi connectivity index (χ4v) is 2.37. The number of para-hydroxylation sites is 2. The van der Waals surface area contributed by atoms with Crippen molar-refractivity contribution >= 4 is 16.9 Å². The normalized spacial score (nSPS) is 10.9. The molecule has 0 saturated heterocycles. The Morgan fingerprint density at radius 2 is 2.10 bits per heavy atom. The van der Waals surface area contributed by atoms with Gasteiger partial charge in [-0.05, 0) is 25.5 Å². The number of hydrogen-bond donors (Lipinski definition) is 0. The van der Waals surface area contributed by atoms with Gasteiger partial charge in [0.1, 0.15) is 0 Å². The predicted molar refractivity (Wildman–Crippen MR) is 81.5 cm³/mol. The minimum Gasteiger partial charge on any atom is -0.343 e. The van der Waals surface area contributed by atoms with Crippen LogP contribution in [0.4, 0.5) is 0 Å². The molecular formula is C16H23N3O. The van der Waals surface area contributed by atoms with E-state index in [1.807, 2.05) is 42.4 Å². The van der Waals surface area contributed by atoms with Crippen LogP contribution >= 0.6 is 0 Å².